The highest BCUT2D eigenvalue weighted by molar-refractivity contribution is 5.80. The molecule has 8 unspecified atom stereocenters. The summed E-state index contributed by atoms with van der Waals surface area (Å²) >= 11 is 0. The fraction of sp³-hybridized carbons (Fsp3) is 0.792. The van der Waals surface area contributed by atoms with Gasteiger partial charge in [-0.2, -0.15) is 0 Å². The number of rotatable bonds is 3. The van der Waals surface area contributed by atoms with E-state index in [0.717, 1.165) is 32.1 Å². The SMILES string of the molecule is C=C1CCCC(C)(C)C2CCC(C)(C3C4OC(=O)C(OC(C)=O)C3C(OC(C)=O)O4)C12. The first kappa shape index (κ1) is 22.3. The van der Waals surface area contributed by atoms with Crippen molar-refractivity contribution >= 4 is 17.9 Å². The van der Waals surface area contributed by atoms with Gasteiger partial charge in [0.05, 0.1) is 5.92 Å². The predicted molar refractivity (Wildman–Crippen MR) is 110 cm³/mol. The highest BCUT2D eigenvalue weighted by Crippen LogP contribution is 2.66. The molecule has 4 aliphatic rings. The van der Waals surface area contributed by atoms with Crippen LogP contribution in [0, 0.1) is 34.5 Å². The van der Waals surface area contributed by atoms with Crippen LogP contribution in [-0.2, 0) is 33.3 Å². The molecule has 2 heterocycles. The molecule has 172 valence electrons. The van der Waals surface area contributed by atoms with Gasteiger partial charge in [-0.05, 0) is 54.8 Å². The molecule has 4 rings (SSSR count). The van der Waals surface area contributed by atoms with Crippen molar-refractivity contribution in [1.29, 1.82) is 0 Å². The van der Waals surface area contributed by atoms with Gasteiger partial charge in [0.1, 0.15) is 0 Å². The summed E-state index contributed by atoms with van der Waals surface area (Å²) in [5, 5.41) is 0. The van der Waals surface area contributed by atoms with Gasteiger partial charge in [-0.1, -0.05) is 32.9 Å². The quantitative estimate of drug-likeness (QED) is 0.380. The van der Waals surface area contributed by atoms with Crippen molar-refractivity contribution in [2.24, 2.45) is 34.5 Å². The monoisotopic (exact) mass is 434 g/mol. The molecule has 0 N–H and O–H groups in total. The first-order valence-corrected chi connectivity index (χ1v) is 11.3. The second kappa shape index (κ2) is 7.61. The number of hydrogen-bond donors (Lipinski definition) is 0. The maximum atomic E-state index is 12.7. The number of ether oxygens (including phenoxy) is 4. The summed E-state index contributed by atoms with van der Waals surface area (Å²) in [4.78, 5) is 36.2. The molecule has 0 amide bonds. The number of fused-ring (bicyclic) bond motifs is 3. The second-order valence-electron chi connectivity index (χ2n) is 10.7. The normalized spacial score (nSPS) is 43.6. The van der Waals surface area contributed by atoms with E-state index in [4.69, 9.17) is 18.9 Å². The topological polar surface area (TPSA) is 88.1 Å². The third-order valence-corrected chi connectivity index (χ3v) is 8.31. The van der Waals surface area contributed by atoms with Crippen LogP contribution in [0.15, 0.2) is 12.2 Å². The lowest BCUT2D eigenvalue weighted by Crippen LogP contribution is -2.54. The molecule has 2 aliphatic heterocycles. The van der Waals surface area contributed by atoms with E-state index < -0.39 is 42.5 Å². The number of hydrogen-bond acceptors (Lipinski definition) is 7. The van der Waals surface area contributed by atoms with Crippen molar-refractivity contribution in [2.45, 2.75) is 85.4 Å². The molecule has 31 heavy (non-hydrogen) atoms. The molecule has 0 aromatic heterocycles. The van der Waals surface area contributed by atoms with Gasteiger partial charge in [0.25, 0.3) is 0 Å². The second-order valence-corrected chi connectivity index (χ2v) is 10.7. The predicted octanol–water partition coefficient (Wildman–Crippen LogP) is 3.75. The van der Waals surface area contributed by atoms with Gasteiger partial charge in [-0.15, -0.1) is 0 Å². The van der Waals surface area contributed by atoms with Gasteiger partial charge < -0.3 is 18.9 Å². The third kappa shape index (κ3) is 3.59. The Morgan fingerprint density at radius 3 is 2.42 bits per heavy atom. The van der Waals surface area contributed by atoms with Gasteiger partial charge in [0.15, 0.2) is 0 Å². The van der Waals surface area contributed by atoms with Crippen LogP contribution >= 0.6 is 0 Å². The Labute approximate surface area is 183 Å². The molecule has 0 spiro atoms. The summed E-state index contributed by atoms with van der Waals surface area (Å²) in [6.45, 7) is 13.9. The van der Waals surface area contributed by atoms with Gasteiger partial charge in [0, 0.05) is 19.8 Å². The molecule has 0 radical (unpaired) electrons. The summed E-state index contributed by atoms with van der Waals surface area (Å²) in [7, 11) is 0. The Morgan fingerprint density at radius 2 is 1.77 bits per heavy atom. The number of esters is 3. The standard InChI is InChI=1S/C24H34O7/c1-12-8-7-10-23(4,5)15-9-11-24(6,17(12)15)18-16-19(28-13(2)25)20(27)30-22(18)31-21(16)29-14(3)26/h15-19,21-22H,1,7-11H2,2-6H3. The molecule has 7 nitrogen and oxygen atoms in total. The molecule has 2 saturated carbocycles. The Morgan fingerprint density at radius 1 is 1.10 bits per heavy atom. The molecule has 2 saturated heterocycles. The number of carbonyl (C=O) groups is 3. The van der Waals surface area contributed by atoms with Crippen LogP contribution in [0.3, 0.4) is 0 Å². The average molecular weight is 435 g/mol. The van der Waals surface area contributed by atoms with Crippen LogP contribution < -0.4 is 0 Å². The molecular weight excluding hydrogens is 400 g/mol. The van der Waals surface area contributed by atoms with Crippen LogP contribution in [0.5, 0.6) is 0 Å². The van der Waals surface area contributed by atoms with Crippen molar-refractivity contribution in [1.82, 2.24) is 0 Å². The fourth-order valence-corrected chi connectivity index (χ4v) is 7.08. The maximum Gasteiger partial charge on any atom is 0.350 e. The lowest BCUT2D eigenvalue weighted by Gasteiger charge is -2.47. The van der Waals surface area contributed by atoms with Crippen LogP contribution in [-0.4, -0.2) is 36.6 Å². The third-order valence-electron chi connectivity index (χ3n) is 8.31. The molecule has 0 aromatic rings. The Kier molecular flexibility index (Phi) is 5.48. The summed E-state index contributed by atoms with van der Waals surface area (Å²) in [5.74, 6) is -1.92. The zero-order chi connectivity index (χ0) is 22.7. The van der Waals surface area contributed by atoms with Crippen LogP contribution in [0.4, 0.5) is 0 Å². The van der Waals surface area contributed by atoms with E-state index in [-0.39, 0.29) is 22.7 Å². The van der Waals surface area contributed by atoms with E-state index in [2.05, 4.69) is 27.4 Å². The Bertz CT molecular complexity index is 802. The molecule has 2 aliphatic carbocycles. The zero-order valence-corrected chi connectivity index (χ0v) is 19.1. The summed E-state index contributed by atoms with van der Waals surface area (Å²) in [5.41, 5.74) is 1.13. The van der Waals surface area contributed by atoms with Crippen LogP contribution in [0.25, 0.3) is 0 Å². The van der Waals surface area contributed by atoms with Crippen LogP contribution in [0.1, 0.15) is 66.7 Å². The maximum absolute atomic E-state index is 12.7. The van der Waals surface area contributed by atoms with E-state index in [1.807, 2.05) is 0 Å². The van der Waals surface area contributed by atoms with Crippen molar-refractivity contribution in [2.75, 3.05) is 0 Å². The number of allylic oxidation sites excluding steroid dienone is 1. The summed E-state index contributed by atoms with van der Waals surface area (Å²) < 4.78 is 22.4. The first-order valence-electron chi connectivity index (χ1n) is 11.3. The highest BCUT2D eigenvalue weighted by atomic mass is 16.8. The highest BCUT2D eigenvalue weighted by Gasteiger charge is 2.68. The minimum absolute atomic E-state index is 0.178. The average Bonchev–Trinajstić information content (AvgIpc) is 3.10. The van der Waals surface area contributed by atoms with Gasteiger partial charge in [-0.3, -0.25) is 9.59 Å². The minimum atomic E-state index is -1.16. The molecular formula is C24H34O7. The summed E-state index contributed by atoms with van der Waals surface area (Å²) in [6, 6.07) is 0. The van der Waals surface area contributed by atoms with Crippen LogP contribution in [0.2, 0.25) is 0 Å². The van der Waals surface area contributed by atoms with E-state index >= 15 is 0 Å². The Balaban J connectivity index is 1.76. The Hall–Kier alpha value is -1.89. The smallest absolute Gasteiger partial charge is 0.350 e. The van der Waals surface area contributed by atoms with E-state index in [1.165, 1.54) is 19.4 Å². The molecule has 4 fully saturated rings. The van der Waals surface area contributed by atoms with E-state index in [0.29, 0.717) is 5.92 Å². The fourth-order valence-electron chi connectivity index (χ4n) is 7.08. The van der Waals surface area contributed by atoms with Crippen molar-refractivity contribution < 1.29 is 33.3 Å². The minimum Gasteiger partial charge on any atom is -0.450 e. The summed E-state index contributed by atoms with van der Waals surface area (Å²) in [6.07, 6.45) is 2.22. The van der Waals surface area contributed by atoms with Gasteiger partial charge in [-0.25, -0.2) is 4.79 Å². The van der Waals surface area contributed by atoms with Crippen molar-refractivity contribution in [3.63, 3.8) is 0 Å². The molecule has 0 aromatic carbocycles. The molecule has 8 atom stereocenters. The van der Waals surface area contributed by atoms with Gasteiger partial charge >= 0.3 is 17.9 Å². The van der Waals surface area contributed by atoms with Crippen molar-refractivity contribution in [3.8, 4) is 0 Å². The largest absolute Gasteiger partial charge is 0.450 e. The number of carbonyl (C=O) groups excluding carboxylic acids is 3. The molecule has 7 heteroatoms. The zero-order valence-electron chi connectivity index (χ0n) is 19.1. The van der Waals surface area contributed by atoms with Crippen molar-refractivity contribution in [3.05, 3.63) is 12.2 Å². The lowest BCUT2D eigenvalue weighted by molar-refractivity contribution is -0.219. The van der Waals surface area contributed by atoms with E-state index in [1.54, 1.807) is 0 Å². The lowest BCUT2D eigenvalue weighted by atomic mass is 9.58. The molecule has 2 bridgehead atoms. The first-order chi connectivity index (χ1) is 14.5. The van der Waals surface area contributed by atoms with Gasteiger partial charge in [0.2, 0.25) is 18.7 Å². The van der Waals surface area contributed by atoms with E-state index in [9.17, 15) is 14.4 Å².